The Labute approximate surface area is 178 Å². The summed E-state index contributed by atoms with van der Waals surface area (Å²) in [6.07, 6.45) is 4.47. The average molecular weight is 422 g/mol. The highest BCUT2D eigenvalue weighted by Gasteiger charge is 2.28. The van der Waals surface area contributed by atoms with Crippen molar-refractivity contribution in [1.29, 1.82) is 0 Å². The lowest BCUT2D eigenvalue weighted by molar-refractivity contribution is -0.118. The summed E-state index contributed by atoms with van der Waals surface area (Å²) in [7, 11) is -3.06. The summed E-state index contributed by atoms with van der Waals surface area (Å²) in [4.78, 5) is 14.7. The molecule has 4 nitrogen and oxygen atoms in total. The topological polar surface area (TPSA) is 54.5 Å². The van der Waals surface area contributed by atoms with E-state index in [4.69, 9.17) is 0 Å². The van der Waals surface area contributed by atoms with E-state index in [2.05, 4.69) is 43.0 Å². The molecule has 1 aromatic rings. The van der Waals surface area contributed by atoms with Crippen LogP contribution in [0.1, 0.15) is 72.3 Å². The molecule has 0 radical (unpaired) electrons. The number of nitrogens with zero attached hydrogens (tertiary/aromatic N) is 1. The zero-order chi connectivity index (χ0) is 21.7. The highest BCUT2D eigenvalue weighted by molar-refractivity contribution is 7.92. The third kappa shape index (κ3) is 7.44. The number of carbonyl (C=O) groups is 1. The SMILES string of the molecule is C[C@@H]1C[C@@H](C)CN(c2ccc(CC(=O)CCCCCS(=O)(=O)C(C)(C)C)cc2)C1. The van der Waals surface area contributed by atoms with Gasteiger partial charge in [0.15, 0.2) is 9.84 Å². The Morgan fingerprint density at radius 2 is 1.59 bits per heavy atom. The fourth-order valence-electron chi connectivity index (χ4n) is 4.11. The molecular weight excluding hydrogens is 382 g/mol. The van der Waals surface area contributed by atoms with Crippen LogP contribution in [-0.4, -0.2) is 37.8 Å². The molecule has 164 valence electrons. The molecule has 29 heavy (non-hydrogen) atoms. The van der Waals surface area contributed by atoms with Gasteiger partial charge in [-0.2, -0.15) is 0 Å². The van der Waals surface area contributed by atoms with Gasteiger partial charge in [-0.05, 0) is 69.6 Å². The Morgan fingerprint density at radius 1 is 1.00 bits per heavy atom. The van der Waals surface area contributed by atoms with Gasteiger partial charge < -0.3 is 4.90 Å². The van der Waals surface area contributed by atoms with E-state index in [0.717, 1.165) is 43.3 Å². The van der Waals surface area contributed by atoms with Gasteiger partial charge in [0.1, 0.15) is 5.78 Å². The number of sulfone groups is 1. The molecule has 1 aliphatic heterocycles. The van der Waals surface area contributed by atoms with E-state index in [0.29, 0.717) is 19.3 Å². The number of Topliss-reactive ketones (excluding diaryl/α,β-unsaturated/α-hetero) is 1. The summed E-state index contributed by atoms with van der Waals surface area (Å²) in [6.45, 7) is 12.1. The molecular formula is C24H39NO3S. The second-order valence-corrected chi connectivity index (χ2v) is 12.8. The van der Waals surface area contributed by atoms with Crippen molar-refractivity contribution in [2.45, 2.75) is 77.9 Å². The largest absolute Gasteiger partial charge is 0.371 e. The van der Waals surface area contributed by atoms with E-state index in [1.54, 1.807) is 20.8 Å². The monoisotopic (exact) mass is 421 g/mol. The van der Waals surface area contributed by atoms with Gasteiger partial charge in [-0.25, -0.2) is 8.42 Å². The second kappa shape index (κ2) is 10.1. The minimum absolute atomic E-state index is 0.208. The fraction of sp³-hybridized carbons (Fsp3) is 0.708. The summed E-state index contributed by atoms with van der Waals surface area (Å²) < 4.78 is 23.5. The van der Waals surface area contributed by atoms with Crippen LogP contribution in [0.4, 0.5) is 5.69 Å². The number of benzene rings is 1. The van der Waals surface area contributed by atoms with E-state index in [1.165, 1.54) is 12.1 Å². The molecule has 0 spiro atoms. The van der Waals surface area contributed by atoms with Crippen molar-refractivity contribution in [3.63, 3.8) is 0 Å². The standard InChI is InChI=1S/C24H39NO3S/c1-19-15-20(2)18-25(17-19)22-12-10-21(11-13-22)16-23(26)9-7-6-8-14-29(27,28)24(3,4)5/h10-13,19-20H,6-9,14-18H2,1-5H3/t19-,20-/m1/s1. The highest BCUT2D eigenvalue weighted by atomic mass is 32.2. The van der Waals surface area contributed by atoms with Gasteiger partial charge in [0.25, 0.3) is 0 Å². The molecule has 0 bridgehead atoms. The molecule has 0 saturated carbocycles. The molecule has 2 rings (SSSR count). The van der Waals surface area contributed by atoms with Crippen LogP contribution < -0.4 is 4.90 Å². The minimum Gasteiger partial charge on any atom is -0.371 e. The molecule has 0 aromatic heterocycles. The van der Waals surface area contributed by atoms with Gasteiger partial charge in [0.2, 0.25) is 0 Å². The lowest BCUT2D eigenvalue weighted by Gasteiger charge is -2.36. The van der Waals surface area contributed by atoms with Crippen LogP contribution >= 0.6 is 0 Å². The number of anilines is 1. The predicted octanol–water partition coefficient (Wildman–Crippen LogP) is 5.05. The predicted molar refractivity (Wildman–Crippen MR) is 122 cm³/mol. The van der Waals surface area contributed by atoms with Crippen molar-refractivity contribution < 1.29 is 13.2 Å². The maximum atomic E-state index is 12.3. The van der Waals surface area contributed by atoms with Gasteiger partial charge in [0.05, 0.1) is 10.5 Å². The number of hydrogen-bond acceptors (Lipinski definition) is 4. The number of hydrogen-bond donors (Lipinski definition) is 0. The molecule has 0 N–H and O–H groups in total. The Kier molecular flexibility index (Phi) is 8.33. The van der Waals surface area contributed by atoms with Crippen molar-refractivity contribution in [1.82, 2.24) is 0 Å². The average Bonchev–Trinajstić information content (AvgIpc) is 2.60. The number of unbranched alkanes of at least 4 members (excludes halogenated alkanes) is 2. The molecule has 0 amide bonds. The highest BCUT2D eigenvalue weighted by Crippen LogP contribution is 2.26. The lowest BCUT2D eigenvalue weighted by Crippen LogP contribution is -2.38. The maximum absolute atomic E-state index is 12.3. The third-order valence-electron chi connectivity index (χ3n) is 5.87. The second-order valence-electron chi connectivity index (χ2n) is 9.97. The molecule has 0 aliphatic carbocycles. The van der Waals surface area contributed by atoms with Crippen LogP contribution in [0.2, 0.25) is 0 Å². The molecule has 1 heterocycles. The number of rotatable bonds is 9. The van der Waals surface area contributed by atoms with Crippen molar-refractivity contribution in [2.75, 3.05) is 23.7 Å². The molecule has 0 unspecified atom stereocenters. The van der Waals surface area contributed by atoms with Crippen molar-refractivity contribution in [3.8, 4) is 0 Å². The van der Waals surface area contributed by atoms with E-state index < -0.39 is 14.6 Å². The molecule has 1 aromatic carbocycles. The normalized spacial score (nSPS) is 20.7. The van der Waals surface area contributed by atoms with Gasteiger partial charge in [-0.3, -0.25) is 4.79 Å². The van der Waals surface area contributed by atoms with Crippen LogP contribution in [0.3, 0.4) is 0 Å². The van der Waals surface area contributed by atoms with E-state index in [-0.39, 0.29) is 11.5 Å². The Morgan fingerprint density at radius 3 is 2.14 bits per heavy atom. The lowest BCUT2D eigenvalue weighted by atomic mass is 9.91. The first-order chi connectivity index (χ1) is 13.5. The zero-order valence-electron chi connectivity index (χ0n) is 18.9. The van der Waals surface area contributed by atoms with Crippen molar-refractivity contribution in [2.24, 2.45) is 11.8 Å². The van der Waals surface area contributed by atoms with Crippen molar-refractivity contribution >= 4 is 21.3 Å². The summed E-state index contributed by atoms with van der Waals surface area (Å²) in [5.41, 5.74) is 2.31. The zero-order valence-corrected chi connectivity index (χ0v) is 19.7. The summed E-state index contributed by atoms with van der Waals surface area (Å²) >= 11 is 0. The number of piperidine rings is 1. The van der Waals surface area contributed by atoms with Gasteiger partial charge >= 0.3 is 0 Å². The Balaban J connectivity index is 1.73. The van der Waals surface area contributed by atoms with Crippen LogP contribution in [-0.2, 0) is 21.1 Å². The smallest absolute Gasteiger partial charge is 0.155 e. The van der Waals surface area contributed by atoms with Gasteiger partial charge in [-0.1, -0.05) is 32.4 Å². The van der Waals surface area contributed by atoms with Crippen LogP contribution in [0, 0.1) is 11.8 Å². The van der Waals surface area contributed by atoms with Crippen LogP contribution in [0.25, 0.3) is 0 Å². The molecule has 1 aliphatic rings. The Bertz CT molecular complexity index is 752. The first-order valence-electron chi connectivity index (χ1n) is 11.1. The summed E-state index contributed by atoms with van der Waals surface area (Å²) in [5.74, 6) is 1.88. The quantitative estimate of drug-likeness (QED) is 0.523. The summed E-state index contributed by atoms with van der Waals surface area (Å²) in [5, 5.41) is 0. The first kappa shape index (κ1) is 23.9. The molecule has 1 saturated heterocycles. The van der Waals surface area contributed by atoms with E-state index >= 15 is 0 Å². The summed E-state index contributed by atoms with van der Waals surface area (Å²) in [6, 6.07) is 8.44. The van der Waals surface area contributed by atoms with Gasteiger partial charge in [-0.15, -0.1) is 0 Å². The first-order valence-corrected chi connectivity index (χ1v) is 12.7. The molecule has 2 atom stereocenters. The minimum atomic E-state index is -3.06. The number of carbonyl (C=O) groups excluding carboxylic acids is 1. The van der Waals surface area contributed by atoms with Crippen molar-refractivity contribution in [3.05, 3.63) is 29.8 Å². The maximum Gasteiger partial charge on any atom is 0.155 e. The molecule has 5 heteroatoms. The Hall–Kier alpha value is -1.36. The van der Waals surface area contributed by atoms with Crippen LogP contribution in [0.5, 0.6) is 0 Å². The van der Waals surface area contributed by atoms with Gasteiger partial charge in [0, 0.05) is 31.6 Å². The van der Waals surface area contributed by atoms with E-state index in [1.807, 2.05) is 0 Å². The number of ketones is 1. The van der Waals surface area contributed by atoms with E-state index in [9.17, 15) is 13.2 Å². The third-order valence-corrected chi connectivity index (χ3v) is 8.57. The van der Waals surface area contributed by atoms with Crippen LogP contribution in [0.15, 0.2) is 24.3 Å². The fourth-order valence-corrected chi connectivity index (χ4v) is 5.31. The molecule has 1 fully saturated rings.